The minimum absolute atomic E-state index is 0.0570. The number of carbonyl (C=O) groups excluding carboxylic acids is 1. The van der Waals surface area contributed by atoms with E-state index in [1.807, 2.05) is 12.1 Å². The van der Waals surface area contributed by atoms with Crippen LogP contribution in [0.1, 0.15) is 24.0 Å². The van der Waals surface area contributed by atoms with Crippen molar-refractivity contribution < 1.29 is 13.9 Å². The van der Waals surface area contributed by atoms with Crippen LogP contribution in [0.5, 0.6) is 0 Å². The Kier molecular flexibility index (Phi) is 4.94. The third-order valence-corrected chi connectivity index (χ3v) is 5.31. The van der Waals surface area contributed by atoms with Crippen LogP contribution < -0.4 is 5.32 Å². The first-order valence-corrected chi connectivity index (χ1v) is 9.34. The van der Waals surface area contributed by atoms with Crippen LogP contribution in [0.3, 0.4) is 0 Å². The number of hydrogen-bond acceptors (Lipinski definition) is 2. The molecule has 1 aromatic heterocycles. The maximum Gasteiger partial charge on any atom is 0.223 e. The Morgan fingerprint density at radius 3 is 2.67 bits per heavy atom. The molecule has 1 fully saturated rings. The van der Waals surface area contributed by atoms with E-state index in [2.05, 4.69) is 23.3 Å². The van der Waals surface area contributed by atoms with Crippen molar-refractivity contribution in [2.45, 2.75) is 26.3 Å². The van der Waals surface area contributed by atoms with Crippen molar-refractivity contribution in [1.29, 1.82) is 0 Å². The fourth-order valence-corrected chi connectivity index (χ4v) is 3.68. The number of H-pyrrole nitrogens is 1. The molecule has 2 aromatic carbocycles. The van der Waals surface area contributed by atoms with Gasteiger partial charge in [-0.15, -0.1) is 0 Å². The minimum atomic E-state index is -0.241. The second kappa shape index (κ2) is 7.53. The zero-order valence-corrected chi connectivity index (χ0v) is 15.3. The molecule has 4 rings (SSSR count). The molecule has 0 saturated carbocycles. The lowest BCUT2D eigenvalue weighted by Gasteiger charge is -2.21. The molecule has 3 aromatic rings. The van der Waals surface area contributed by atoms with Gasteiger partial charge in [0.15, 0.2) is 0 Å². The van der Waals surface area contributed by atoms with Crippen molar-refractivity contribution in [3.8, 4) is 11.3 Å². The lowest BCUT2D eigenvalue weighted by molar-refractivity contribution is -0.128. The predicted molar refractivity (Wildman–Crippen MR) is 104 cm³/mol. The highest BCUT2D eigenvalue weighted by atomic mass is 19.1. The van der Waals surface area contributed by atoms with Gasteiger partial charge in [0.1, 0.15) is 5.82 Å². The summed E-state index contributed by atoms with van der Waals surface area (Å²) in [4.78, 5) is 15.7. The number of benzene rings is 2. The maximum absolute atomic E-state index is 13.2. The average molecular weight is 366 g/mol. The van der Waals surface area contributed by atoms with E-state index in [4.69, 9.17) is 4.74 Å². The van der Waals surface area contributed by atoms with E-state index in [1.165, 1.54) is 12.1 Å². The van der Waals surface area contributed by atoms with Gasteiger partial charge in [-0.05, 0) is 72.9 Å². The monoisotopic (exact) mass is 366 g/mol. The number of halogens is 1. The summed E-state index contributed by atoms with van der Waals surface area (Å²) in [6.07, 6.45) is 1.59. The van der Waals surface area contributed by atoms with E-state index in [0.29, 0.717) is 19.8 Å². The lowest BCUT2D eigenvalue weighted by atomic mass is 9.99. The number of nitrogens with one attached hydrogen (secondary N) is 2. The molecule has 1 aliphatic rings. The highest BCUT2D eigenvalue weighted by Crippen LogP contribution is 2.30. The third-order valence-electron chi connectivity index (χ3n) is 5.31. The van der Waals surface area contributed by atoms with Gasteiger partial charge in [0, 0.05) is 42.3 Å². The van der Waals surface area contributed by atoms with Gasteiger partial charge in [-0.3, -0.25) is 4.79 Å². The normalized spacial score (nSPS) is 15.2. The molecule has 5 heteroatoms. The van der Waals surface area contributed by atoms with E-state index < -0.39 is 0 Å². The highest BCUT2D eigenvalue weighted by Gasteiger charge is 2.21. The number of rotatable bonds is 4. The Morgan fingerprint density at radius 1 is 1.19 bits per heavy atom. The van der Waals surface area contributed by atoms with Gasteiger partial charge in [0.05, 0.1) is 0 Å². The molecular formula is C22H23FN2O2. The summed E-state index contributed by atoms with van der Waals surface area (Å²) in [6.45, 7) is 3.90. The van der Waals surface area contributed by atoms with E-state index in [-0.39, 0.29) is 17.6 Å². The van der Waals surface area contributed by atoms with Gasteiger partial charge in [-0.2, -0.15) is 0 Å². The molecule has 27 heavy (non-hydrogen) atoms. The van der Waals surface area contributed by atoms with Gasteiger partial charge in [-0.1, -0.05) is 6.07 Å². The van der Waals surface area contributed by atoms with Crippen molar-refractivity contribution in [2.24, 2.45) is 5.92 Å². The summed E-state index contributed by atoms with van der Waals surface area (Å²) >= 11 is 0. The summed E-state index contributed by atoms with van der Waals surface area (Å²) in [7, 11) is 0. The molecule has 1 aliphatic heterocycles. The average Bonchev–Trinajstić information content (AvgIpc) is 3.03. The number of hydrogen-bond donors (Lipinski definition) is 2. The minimum Gasteiger partial charge on any atom is -0.381 e. The number of carbonyl (C=O) groups is 1. The molecule has 0 atom stereocenters. The molecule has 2 N–H and O–H groups in total. The van der Waals surface area contributed by atoms with Crippen LogP contribution in [0.2, 0.25) is 0 Å². The Balaban J connectivity index is 1.52. The Morgan fingerprint density at radius 2 is 1.93 bits per heavy atom. The molecule has 0 aliphatic carbocycles. The summed E-state index contributed by atoms with van der Waals surface area (Å²) < 4.78 is 18.5. The van der Waals surface area contributed by atoms with Crippen molar-refractivity contribution >= 4 is 16.8 Å². The standard InChI is InChI=1S/C22H23FN2O2/c1-14-19-12-15(13-24-22(26)17-8-10-27-11-9-17)2-7-20(19)25-21(14)16-3-5-18(23)6-4-16/h2-7,12,17,25H,8-11,13H2,1H3,(H,24,26). The largest absolute Gasteiger partial charge is 0.381 e. The summed E-state index contributed by atoms with van der Waals surface area (Å²) in [5.74, 6) is -0.0761. The van der Waals surface area contributed by atoms with Gasteiger partial charge in [0.25, 0.3) is 0 Å². The number of aromatic nitrogens is 1. The third kappa shape index (κ3) is 3.74. The fraction of sp³-hybridized carbons (Fsp3) is 0.318. The second-order valence-electron chi connectivity index (χ2n) is 7.12. The summed E-state index contributed by atoms with van der Waals surface area (Å²) in [5.41, 5.74) is 5.17. The first-order valence-electron chi connectivity index (χ1n) is 9.34. The molecule has 0 bridgehead atoms. The van der Waals surface area contributed by atoms with Gasteiger partial charge in [-0.25, -0.2) is 4.39 Å². The van der Waals surface area contributed by atoms with Crippen molar-refractivity contribution in [3.63, 3.8) is 0 Å². The van der Waals surface area contributed by atoms with Crippen LogP contribution in [0.25, 0.3) is 22.2 Å². The molecule has 2 heterocycles. The van der Waals surface area contributed by atoms with Gasteiger partial charge in [0.2, 0.25) is 5.91 Å². The first-order chi connectivity index (χ1) is 13.1. The molecule has 140 valence electrons. The first kappa shape index (κ1) is 17.7. The van der Waals surface area contributed by atoms with Crippen LogP contribution >= 0.6 is 0 Å². The Bertz CT molecular complexity index is 956. The van der Waals surface area contributed by atoms with Crippen LogP contribution in [0.15, 0.2) is 42.5 Å². The van der Waals surface area contributed by atoms with Crippen LogP contribution in [0.4, 0.5) is 4.39 Å². The lowest BCUT2D eigenvalue weighted by Crippen LogP contribution is -2.33. The number of amides is 1. The summed E-state index contributed by atoms with van der Waals surface area (Å²) in [6, 6.07) is 12.7. The molecular weight excluding hydrogens is 343 g/mol. The van der Waals surface area contributed by atoms with Crippen LogP contribution in [-0.4, -0.2) is 24.1 Å². The summed E-state index contributed by atoms with van der Waals surface area (Å²) in [5, 5.41) is 4.17. The second-order valence-corrected chi connectivity index (χ2v) is 7.12. The number of aryl methyl sites for hydroxylation is 1. The van der Waals surface area contributed by atoms with E-state index in [9.17, 15) is 9.18 Å². The van der Waals surface area contributed by atoms with Gasteiger partial charge < -0.3 is 15.0 Å². The van der Waals surface area contributed by atoms with Crippen LogP contribution in [0, 0.1) is 18.7 Å². The van der Waals surface area contributed by atoms with Crippen LogP contribution in [-0.2, 0) is 16.1 Å². The van der Waals surface area contributed by atoms with Crippen molar-refractivity contribution in [2.75, 3.05) is 13.2 Å². The van der Waals surface area contributed by atoms with Gasteiger partial charge >= 0.3 is 0 Å². The van der Waals surface area contributed by atoms with Crippen molar-refractivity contribution in [3.05, 3.63) is 59.4 Å². The molecule has 0 spiro atoms. The van der Waals surface area contributed by atoms with E-state index >= 15 is 0 Å². The predicted octanol–water partition coefficient (Wildman–Crippen LogP) is 4.33. The maximum atomic E-state index is 13.2. The van der Waals surface area contributed by atoms with Crippen molar-refractivity contribution in [1.82, 2.24) is 10.3 Å². The molecule has 1 saturated heterocycles. The molecule has 0 radical (unpaired) electrons. The van der Waals surface area contributed by atoms with E-state index in [1.54, 1.807) is 12.1 Å². The number of aromatic amines is 1. The zero-order chi connectivity index (χ0) is 18.8. The molecule has 0 unspecified atom stereocenters. The molecule has 4 nitrogen and oxygen atoms in total. The smallest absolute Gasteiger partial charge is 0.223 e. The Hall–Kier alpha value is -2.66. The highest BCUT2D eigenvalue weighted by molar-refractivity contribution is 5.91. The SMILES string of the molecule is Cc1c(-c2ccc(F)cc2)[nH]c2ccc(CNC(=O)C3CCOCC3)cc12. The molecule has 1 amide bonds. The fourth-order valence-electron chi connectivity index (χ4n) is 3.68. The van der Waals surface area contributed by atoms with E-state index in [0.717, 1.165) is 46.1 Å². The topological polar surface area (TPSA) is 54.1 Å². The Labute approximate surface area is 157 Å². The zero-order valence-electron chi connectivity index (χ0n) is 15.3. The number of fused-ring (bicyclic) bond motifs is 1. The quantitative estimate of drug-likeness (QED) is 0.722. The number of ether oxygens (including phenoxy) is 1.